The molecule has 0 radical (unpaired) electrons. The Balaban J connectivity index is 1.98. The fraction of sp³-hybridized carbons (Fsp3) is 0.364. The minimum atomic E-state index is -1.22. The van der Waals surface area contributed by atoms with Crippen LogP contribution < -0.4 is 9.47 Å². The Morgan fingerprint density at radius 3 is 2.50 bits per heavy atom. The molecule has 1 amide bonds. The molecule has 1 heterocycles. The quantitative estimate of drug-likeness (QED) is 0.227. The molecule has 0 aromatic heterocycles. The molecule has 2 atom stereocenters. The van der Waals surface area contributed by atoms with Crippen LogP contribution in [0.5, 0.6) is 11.5 Å². The second-order valence-corrected chi connectivity index (χ2v) is 7.22. The number of nitrogens with zero attached hydrogens (tertiary/aromatic N) is 2. The first kappa shape index (κ1) is 23.2. The van der Waals surface area contributed by atoms with Crippen LogP contribution in [-0.2, 0) is 4.74 Å². The lowest BCUT2D eigenvalue weighted by Crippen LogP contribution is -2.50. The van der Waals surface area contributed by atoms with Crippen molar-refractivity contribution in [2.45, 2.75) is 31.6 Å². The minimum absolute atomic E-state index is 0.0101. The molecule has 1 N–H and O–H groups in total. The summed E-state index contributed by atoms with van der Waals surface area (Å²) in [5.74, 6) is -1.56. The van der Waals surface area contributed by atoms with Gasteiger partial charge in [-0.3, -0.25) is 14.9 Å². The molecule has 170 valence electrons. The lowest BCUT2D eigenvalue weighted by Gasteiger charge is -2.37. The zero-order valence-corrected chi connectivity index (χ0v) is 17.7. The van der Waals surface area contributed by atoms with Crippen molar-refractivity contribution in [3.8, 4) is 11.5 Å². The van der Waals surface area contributed by atoms with Gasteiger partial charge < -0.3 is 24.2 Å². The van der Waals surface area contributed by atoms with Gasteiger partial charge in [0.05, 0.1) is 29.7 Å². The molecule has 2 aromatic rings. The first-order valence-electron chi connectivity index (χ1n) is 10.0. The summed E-state index contributed by atoms with van der Waals surface area (Å²) >= 11 is 0. The van der Waals surface area contributed by atoms with Crippen LogP contribution in [0.4, 0.5) is 5.69 Å². The smallest absolute Gasteiger partial charge is 0.343 e. The number of likely N-dealkylation sites (tertiary alicyclic amines) is 1. The first-order chi connectivity index (χ1) is 15.4. The molecule has 1 aliphatic rings. The number of rotatable bonds is 7. The van der Waals surface area contributed by atoms with Crippen LogP contribution in [0.1, 0.15) is 40.0 Å². The molecule has 1 saturated heterocycles. The Morgan fingerprint density at radius 2 is 1.88 bits per heavy atom. The lowest BCUT2D eigenvalue weighted by atomic mass is 9.99. The standard InChI is InChI=1S/C22H24N2O8/c1-30-18-12-15(20(25)23-11-7-6-10-16(23)22(27)31-2)17(24(28)29)13-19(18)32-21(26)14-8-4-3-5-9-14/h3-5,8-9,12-13,16,22,27H,6-7,10-11H2,1-2H3/t16-,22?/m1/s1. The Bertz CT molecular complexity index is 995. The fourth-order valence-electron chi connectivity index (χ4n) is 3.66. The molecule has 1 unspecified atom stereocenters. The maximum Gasteiger partial charge on any atom is 0.343 e. The van der Waals surface area contributed by atoms with Crippen molar-refractivity contribution in [2.24, 2.45) is 0 Å². The molecule has 32 heavy (non-hydrogen) atoms. The average molecular weight is 444 g/mol. The predicted molar refractivity (Wildman–Crippen MR) is 113 cm³/mol. The lowest BCUT2D eigenvalue weighted by molar-refractivity contribution is -0.385. The second kappa shape index (κ2) is 10.2. The number of ether oxygens (including phenoxy) is 3. The van der Waals surface area contributed by atoms with E-state index in [4.69, 9.17) is 14.2 Å². The van der Waals surface area contributed by atoms with E-state index in [-0.39, 0.29) is 22.6 Å². The van der Waals surface area contributed by atoms with Gasteiger partial charge in [0.1, 0.15) is 5.56 Å². The van der Waals surface area contributed by atoms with E-state index >= 15 is 0 Å². The van der Waals surface area contributed by atoms with Gasteiger partial charge in [0.15, 0.2) is 17.8 Å². The summed E-state index contributed by atoms with van der Waals surface area (Å²) in [6.45, 7) is 0.314. The minimum Gasteiger partial charge on any atom is -0.493 e. The number of amides is 1. The van der Waals surface area contributed by atoms with Crippen molar-refractivity contribution in [1.82, 2.24) is 4.90 Å². The van der Waals surface area contributed by atoms with E-state index in [1.54, 1.807) is 30.3 Å². The number of nitro benzene ring substituents is 1. The van der Waals surface area contributed by atoms with E-state index in [1.807, 2.05) is 0 Å². The number of nitro groups is 1. The number of benzene rings is 2. The zero-order chi connectivity index (χ0) is 23.3. The maximum atomic E-state index is 13.3. The van der Waals surface area contributed by atoms with Crippen LogP contribution in [0, 0.1) is 10.1 Å². The normalized spacial score (nSPS) is 16.8. The predicted octanol–water partition coefficient (Wildman–Crippen LogP) is 2.78. The summed E-state index contributed by atoms with van der Waals surface area (Å²) in [5, 5.41) is 21.9. The van der Waals surface area contributed by atoms with Crippen LogP contribution in [0.3, 0.4) is 0 Å². The third kappa shape index (κ3) is 4.87. The molecule has 2 aromatic carbocycles. The van der Waals surface area contributed by atoms with Crippen molar-refractivity contribution in [3.05, 3.63) is 63.7 Å². The molecule has 1 aliphatic heterocycles. The number of methoxy groups -OCH3 is 2. The van der Waals surface area contributed by atoms with Crippen molar-refractivity contribution < 1.29 is 33.8 Å². The molecule has 0 aliphatic carbocycles. The van der Waals surface area contributed by atoms with Crippen molar-refractivity contribution in [3.63, 3.8) is 0 Å². The SMILES string of the molecule is COc1cc(C(=O)N2CCCC[C@@H]2C(O)OC)c([N+](=O)[O-])cc1OC(=O)c1ccccc1. The molecule has 3 rings (SSSR count). The highest BCUT2D eigenvalue weighted by atomic mass is 16.6. The number of hydrogen-bond donors (Lipinski definition) is 1. The third-order valence-corrected chi connectivity index (χ3v) is 5.30. The van der Waals surface area contributed by atoms with Gasteiger partial charge in [0, 0.05) is 19.7 Å². The molecule has 0 bridgehead atoms. The van der Waals surface area contributed by atoms with Crippen molar-refractivity contribution in [2.75, 3.05) is 20.8 Å². The molecule has 0 spiro atoms. The van der Waals surface area contributed by atoms with Crippen LogP contribution in [0.2, 0.25) is 0 Å². The number of aliphatic hydroxyl groups excluding tert-OH is 1. The second-order valence-electron chi connectivity index (χ2n) is 7.22. The summed E-state index contributed by atoms with van der Waals surface area (Å²) in [7, 11) is 2.62. The largest absolute Gasteiger partial charge is 0.493 e. The van der Waals surface area contributed by atoms with Gasteiger partial charge in [-0.05, 0) is 31.4 Å². The van der Waals surface area contributed by atoms with E-state index < -0.39 is 34.8 Å². The van der Waals surface area contributed by atoms with Crippen molar-refractivity contribution in [1.29, 1.82) is 0 Å². The maximum absolute atomic E-state index is 13.3. The average Bonchev–Trinajstić information content (AvgIpc) is 2.83. The summed E-state index contributed by atoms with van der Waals surface area (Å²) in [6.07, 6.45) is 0.759. The van der Waals surface area contributed by atoms with E-state index in [2.05, 4.69) is 0 Å². The highest BCUT2D eigenvalue weighted by molar-refractivity contribution is 6.00. The van der Waals surface area contributed by atoms with Crippen molar-refractivity contribution >= 4 is 17.6 Å². The number of esters is 1. The molecule has 1 fully saturated rings. The Hall–Kier alpha value is -3.50. The molecular formula is C22H24N2O8. The van der Waals surface area contributed by atoms with Crippen LogP contribution in [-0.4, -0.2) is 59.9 Å². The Kier molecular flexibility index (Phi) is 7.39. The third-order valence-electron chi connectivity index (χ3n) is 5.30. The molecule has 10 nitrogen and oxygen atoms in total. The highest BCUT2D eigenvalue weighted by Crippen LogP contribution is 2.37. The summed E-state index contributed by atoms with van der Waals surface area (Å²) in [4.78, 5) is 38.1. The highest BCUT2D eigenvalue weighted by Gasteiger charge is 2.36. The Morgan fingerprint density at radius 1 is 1.16 bits per heavy atom. The monoisotopic (exact) mass is 444 g/mol. The van der Waals surface area contributed by atoms with E-state index in [0.717, 1.165) is 12.5 Å². The van der Waals surface area contributed by atoms with Gasteiger partial charge in [0.2, 0.25) is 0 Å². The Labute approximate surface area is 184 Å². The van der Waals surface area contributed by atoms with E-state index in [0.29, 0.717) is 19.4 Å². The van der Waals surface area contributed by atoms with Gasteiger partial charge >= 0.3 is 5.97 Å². The van der Waals surface area contributed by atoms with E-state index in [9.17, 15) is 24.8 Å². The molecule has 10 heteroatoms. The van der Waals surface area contributed by atoms with Crippen LogP contribution in [0.25, 0.3) is 0 Å². The number of hydrogen-bond acceptors (Lipinski definition) is 8. The number of aliphatic hydroxyl groups is 1. The summed E-state index contributed by atoms with van der Waals surface area (Å²) < 4.78 is 15.5. The van der Waals surface area contributed by atoms with Crippen LogP contribution in [0.15, 0.2) is 42.5 Å². The van der Waals surface area contributed by atoms with Crippen LogP contribution >= 0.6 is 0 Å². The zero-order valence-electron chi connectivity index (χ0n) is 17.7. The van der Waals surface area contributed by atoms with Gasteiger partial charge in [-0.2, -0.15) is 0 Å². The number of carbonyl (C=O) groups is 2. The van der Waals surface area contributed by atoms with Gasteiger partial charge in [-0.1, -0.05) is 18.2 Å². The topological polar surface area (TPSA) is 128 Å². The molecule has 0 saturated carbocycles. The van der Waals surface area contributed by atoms with E-state index in [1.165, 1.54) is 25.2 Å². The van der Waals surface area contributed by atoms with Gasteiger partial charge in [-0.25, -0.2) is 4.79 Å². The summed E-state index contributed by atoms with van der Waals surface area (Å²) in [6, 6.07) is 9.66. The first-order valence-corrected chi connectivity index (χ1v) is 10.0. The molecular weight excluding hydrogens is 420 g/mol. The number of piperidine rings is 1. The number of carbonyl (C=O) groups excluding carboxylic acids is 2. The van der Waals surface area contributed by atoms with Gasteiger partial charge in [0.25, 0.3) is 11.6 Å². The fourth-order valence-corrected chi connectivity index (χ4v) is 3.66. The summed E-state index contributed by atoms with van der Waals surface area (Å²) in [5.41, 5.74) is -0.522. The van der Waals surface area contributed by atoms with Gasteiger partial charge in [-0.15, -0.1) is 0 Å².